The average molecular weight is 560 g/mol. The Balaban J connectivity index is 1.49. The maximum atomic E-state index is 14.3. The van der Waals surface area contributed by atoms with E-state index in [0.717, 1.165) is 0 Å². The van der Waals surface area contributed by atoms with Gasteiger partial charge >= 0.3 is 6.18 Å². The molecule has 0 bridgehead atoms. The zero-order chi connectivity index (χ0) is 28.5. The van der Waals surface area contributed by atoms with Gasteiger partial charge in [-0.25, -0.2) is 18.7 Å². The van der Waals surface area contributed by atoms with Crippen LogP contribution >= 0.6 is 0 Å². The first-order chi connectivity index (χ1) is 18.9. The number of fused-ring (bicyclic) bond motifs is 2. The normalized spacial score (nSPS) is 18.6. The van der Waals surface area contributed by atoms with Crippen molar-refractivity contribution in [2.24, 2.45) is 7.05 Å². The van der Waals surface area contributed by atoms with Gasteiger partial charge in [-0.2, -0.15) is 18.3 Å². The molecule has 13 heteroatoms. The molecule has 40 heavy (non-hydrogen) atoms. The molecular weight excluding hydrogens is 533 g/mol. The van der Waals surface area contributed by atoms with Gasteiger partial charge in [-0.3, -0.25) is 14.4 Å². The fourth-order valence-corrected chi connectivity index (χ4v) is 5.78. The molecule has 1 saturated heterocycles. The van der Waals surface area contributed by atoms with Crippen LogP contribution in [0.1, 0.15) is 42.4 Å². The monoisotopic (exact) mass is 559 g/mol. The predicted molar refractivity (Wildman–Crippen MR) is 137 cm³/mol. The van der Waals surface area contributed by atoms with E-state index >= 15 is 0 Å². The first kappa shape index (κ1) is 26.4. The van der Waals surface area contributed by atoms with E-state index in [1.165, 1.54) is 21.8 Å². The van der Waals surface area contributed by atoms with Gasteiger partial charge in [-0.15, -0.1) is 0 Å². The molecular formula is C27H26F5N7O. The number of aromatic nitrogens is 5. The third-order valence-electron chi connectivity index (χ3n) is 7.63. The predicted octanol–water partition coefficient (Wildman–Crippen LogP) is 4.93. The number of imidazole rings is 1. The molecule has 1 fully saturated rings. The van der Waals surface area contributed by atoms with Crippen LogP contribution in [-0.4, -0.2) is 72.9 Å². The number of likely N-dealkylation sites (tertiary alicyclic amines) is 1. The lowest BCUT2D eigenvalue weighted by molar-refractivity contribution is -0.155. The number of carbonyl (C=O) groups excluding carboxylic acids is 1. The van der Waals surface area contributed by atoms with Crippen molar-refractivity contribution >= 4 is 16.8 Å². The van der Waals surface area contributed by atoms with Gasteiger partial charge in [0, 0.05) is 61.4 Å². The molecule has 210 valence electrons. The molecule has 6 rings (SSSR count). The van der Waals surface area contributed by atoms with E-state index in [0.29, 0.717) is 39.2 Å². The van der Waals surface area contributed by atoms with Crippen LogP contribution in [0.2, 0.25) is 0 Å². The molecule has 8 nitrogen and oxygen atoms in total. The Morgan fingerprint density at radius 2 is 1.85 bits per heavy atom. The van der Waals surface area contributed by atoms with Crippen molar-refractivity contribution in [2.75, 3.05) is 26.7 Å². The number of alkyl halides is 5. The van der Waals surface area contributed by atoms with E-state index in [-0.39, 0.29) is 42.7 Å². The molecule has 2 aliphatic rings. The molecule has 3 aromatic heterocycles. The lowest BCUT2D eigenvalue weighted by atomic mass is 9.98. The molecule has 2 aliphatic heterocycles. The number of pyridine rings is 1. The first-order valence-corrected chi connectivity index (χ1v) is 12.8. The molecule has 0 spiro atoms. The Kier molecular flexibility index (Phi) is 6.17. The molecule has 0 N–H and O–H groups in total. The highest BCUT2D eigenvalue weighted by atomic mass is 19.4. The Bertz CT molecular complexity index is 1620. The van der Waals surface area contributed by atoms with Crippen LogP contribution in [-0.2, 0) is 18.4 Å². The number of aryl methyl sites for hydroxylation is 1. The summed E-state index contributed by atoms with van der Waals surface area (Å²) in [5.41, 5.74) is 2.63. The summed E-state index contributed by atoms with van der Waals surface area (Å²) in [5, 5.41) is 4.56. The summed E-state index contributed by atoms with van der Waals surface area (Å²) in [6.07, 6.45) is -4.00. The smallest absolute Gasteiger partial charge is 0.338 e. The quantitative estimate of drug-likeness (QED) is 0.325. The molecule has 0 radical (unpaired) electrons. The largest absolute Gasteiger partial charge is 0.401 e. The first-order valence-electron chi connectivity index (χ1n) is 12.8. The van der Waals surface area contributed by atoms with E-state index in [9.17, 15) is 26.7 Å². The lowest BCUT2D eigenvalue weighted by Crippen LogP contribution is -2.50. The van der Waals surface area contributed by atoms with Gasteiger partial charge in [-0.1, -0.05) is 12.1 Å². The topological polar surface area (TPSA) is 72.1 Å². The van der Waals surface area contributed by atoms with Crippen molar-refractivity contribution in [3.8, 4) is 22.5 Å². The van der Waals surface area contributed by atoms with Gasteiger partial charge in [-0.05, 0) is 19.1 Å². The number of halogens is 5. The zero-order valence-electron chi connectivity index (χ0n) is 22.0. The summed E-state index contributed by atoms with van der Waals surface area (Å²) >= 11 is 0. The van der Waals surface area contributed by atoms with Crippen LogP contribution in [0.4, 0.5) is 22.0 Å². The minimum absolute atomic E-state index is 0.134. The Morgan fingerprint density at radius 3 is 2.50 bits per heavy atom. The second-order valence-corrected chi connectivity index (χ2v) is 10.5. The Labute approximate surface area is 226 Å². The summed E-state index contributed by atoms with van der Waals surface area (Å²) in [4.78, 5) is 25.2. The van der Waals surface area contributed by atoms with E-state index < -0.39 is 25.2 Å². The Hall–Kier alpha value is -3.87. The summed E-state index contributed by atoms with van der Waals surface area (Å²) in [5.74, 6) is 0.101. The van der Waals surface area contributed by atoms with Crippen LogP contribution in [0, 0.1) is 0 Å². The van der Waals surface area contributed by atoms with Crippen LogP contribution in [0.3, 0.4) is 0 Å². The third kappa shape index (κ3) is 4.41. The molecule has 0 saturated carbocycles. The van der Waals surface area contributed by atoms with Crippen LogP contribution in [0.5, 0.6) is 0 Å². The highest BCUT2D eigenvalue weighted by molar-refractivity contribution is 5.96. The molecule has 4 aromatic rings. The van der Waals surface area contributed by atoms with Gasteiger partial charge in [0.15, 0.2) is 0 Å². The third-order valence-corrected chi connectivity index (χ3v) is 7.63. The van der Waals surface area contributed by atoms with Crippen molar-refractivity contribution < 1.29 is 26.7 Å². The van der Waals surface area contributed by atoms with Crippen molar-refractivity contribution in [2.45, 2.75) is 38.0 Å². The summed E-state index contributed by atoms with van der Waals surface area (Å²) in [7, 11) is 3.37. The molecule has 1 atom stereocenters. The second kappa shape index (κ2) is 9.36. The lowest BCUT2D eigenvalue weighted by Gasteiger charge is -2.40. The fraction of sp³-hybridized carbons (Fsp3) is 0.407. The van der Waals surface area contributed by atoms with Crippen LogP contribution < -0.4 is 0 Å². The molecule has 0 aliphatic carbocycles. The maximum Gasteiger partial charge on any atom is 0.401 e. The van der Waals surface area contributed by atoms with E-state index in [1.54, 1.807) is 50.3 Å². The van der Waals surface area contributed by atoms with Crippen LogP contribution in [0.25, 0.3) is 33.4 Å². The second-order valence-electron chi connectivity index (χ2n) is 10.5. The number of benzene rings is 1. The number of likely N-dealkylation sites (N-methyl/N-ethyl adjacent to an activating group) is 1. The SMILES string of the molecule is CC1C(=O)N(C)Cc2c(-c3cccc4nc(-c5cnn(C)c5)c(C(F)F)cc34)nc(C3CN(CC(F)(F)F)C3)n21. The zero-order valence-corrected chi connectivity index (χ0v) is 22.0. The highest BCUT2D eigenvalue weighted by Gasteiger charge is 2.42. The summed E-state index contributed by atoms with van der Waals surface area (Å²) < 4.78 is 70.7. The highest BCUT2D eigenvalue weighted by Crippen LogP contribution is 2.41. The number of hydrogen-bond donors (Lipinski definition) is 0. The van der Waals surface area contributed by atoms with Gasteiger partial charge in [0.2, 0.25) is 5.91 Å². The molecule has 1 unspecified atom stereocenters. The van der Waals surface area contributed by atoms with E-state index in [2.05, 4.69) is 10.1 Å². The van der Waals surface area contributed by atoms with Gasteiger partial charge in [0.05, 0.1) is 41.9 Å². The number of hydrogen-bond acceptors (Lipinski definition) is 5. The minimum Gasteiger partial charge on any atom is -0.338 e. The van der Waals surface area contributed by atoms with Crippen molar-refractivity contribution in [1.29, 1.82) is 0 Å². The number of carbonyl (C=O) groups is 1. The van der Waals surface area contributed by atoms with Crippen molar-refractivity contribution in [3.63, 3.8) is 0 Å². The fourth-order valence-electron chi connectivity index (χ4n) is 5.78. The molecule has 1 aromatic carbocycles. The van der Waals surface area contributed by atoms with E-state index in [1.807, 2.05) is 4.57 Å². The molecule has 5 heterocycles. The maximum absolute atomic E-state index is 14.3. The average Bonchev–Trinajstić information content (AvgIpc) is 3.46. The summed E-state index contributed by atoms with van der Waals surface area (Å²) in [6, 6.07) is 6.08. The number of rotatable bonds is 5. The van der Waals surface area contributed by atoms with E-state index in [4.69, 9.17) is 4.98 Å². The number of amides is 1. The standard InChI is InChI=1S/C27H26F5N7O/c1-14-26(40)36(2)12-21-23(35-25(39(14)21)16-10-38(11-16)13-27(30,31)32)17-5-4-6-20-18(17)7-19(24(28)29)22(34-20)15-8-33-37(3)9-15/h4-9,14,16,24H,10-13H2,1-3H3. The molecule has 1 amide bonds. The van der Waals surface area contributed by atoms with Gasteiger partial charge < -0.3 is 9.47 Å². The van der Waals surface area contributed by atoms with Crippen LogP contribution in [0.15, 0.2) is 36.7 Å². The van der Waals surface area contributed by atoms with Crippen molar-refractivity contribution in [1.82, 2.24) is 34.1 Å². The van der Waals surface area contributed by atoms with Crippen molar-refractivity contribution in [3.05, 3.63) is 53.7 Å². The Morgan fingerprint density at radius 1 is 1.10 bits per heavy atom. The minimum atomic E-state index is -4.30. The van der Waals surface area contributed by atoms with Gasteiger partial charge in [0.1, 0.15) is 11.9 Å². The summed E-state index contributed by atoms with van der Waals surface area (Å²) in [6.45, 7) is 1.28. The number of nitrogens with zero attached hydrogens (tertiary/aromatic N) is 7. The van der Waals surface area contributed by atoms with Gasteiger partial charge in [0.25, 0.3) is 6.43 Å².